The SMILES string of the molecule is CC(C)(C)OC(=O)N(C(=O)c1ccccc1)c1cc(OCc2ccccc2)c2c(ccn2C(=O)OC(C)(C)C)c1I. The summed E-state index contributed by atoms with van der Waals surface area (Å²) in [6.07, 6.45) is 0.186. The minimum atomic E-state index is -0.853. The maximum atomic E-state index is 13.8. The molecule has 0 atom stereocenters. The summed E-state index contributed by atoms with van der Waals surface area (Å²) in [5, 5.41) is 0.603. The number of anilines is 1. The second-order valence-electron chi connectivity index (χ2n) is 11.4. The van der Waals surface area contributed by atoms with Crippen LogP contribution in [0.2, 0.25) is 0 Å². The fourth-order valence-electron chi connectivity index (χ4n) is 4.03. The van der Waals surface area contributed by atoms with E-state index in [1.54, 1.807) is 90.2 Å². The summed E-state index contributed by atoms with van der Waals surface area (Å²) in [4.78, 5) is 41.6. The Bertz CT molecular complexity index is 1570. The van der Waals surface area contributed by atoms with Crippen LogP contribution in [0.5, 0.6) is 5.75 Å². The number of imide groups is 1. The highest BCUT2D eigenvalue weighted by Gasteiger charge is 2.33. The van der Waals surface area contributed by atoms with Crippen LogP contribution in [0.3, 0.4) is 0 Å². The molecule has 1 aromatic heterocycles. The average Bonchev–Trinajstić information content (AvgIpc) is 3.35. The molecule has 0 aliphatic carbocycles. The Morgan fingerprint density at radius 3 is 2.00 bits per heavy atom. The Hall–Kier alpha value is -3.86. The lowest BCUT2D eigenvalue weighted by Gasteiger charge is -2.27. The van der Waals surface area contributed by atoms with Crippen molar-refractivity contribution in [1.82, 2.24) is 4.57 Å². The molecule has 2 amide bonds. The van der Waals surface area contributed by atoms with Crippen LogP contribution in [0.1, 0.15) is 57.5 Å². The molecule has 9 heteroatoms. The zero-order valence-corrected chi connectivity index (χ0v) is 26.1. The van der Waals surface area contributed by atoms with E-state index in [0.717, 1.165) is 10.5 Å². The zero-order valence-electron chi connectivity index (χ0n) is 23.9. The number of rotatable bonds is 5. The van der Waals surface area contributed by atoms with Gasteiger partial charge in [0.15, 0.2) is 0 Å². The Kier molecular flexibility index (Phi) is 8.77. The average molecular weight is 669 g/mol. The molecule has 0 saturated carbocycles. The maximum absolute atomic E-state index is 13.8. The van der Waals surface area contributed by atoms with E-state index in [9.17, 15) is 14.4 Å². The number of nitrogens with zero attached hydrogens (tertiary/aromatic N) is 2. The van der Waals surface area contributed by atoms with Crippen molar-refractivity contribution in [3.63, 3.8) is 0 Å². The van der Waals surface area contributed by atoms with Crippen molar-refractivity contribution in [2.24, 2.45) is 0 Å². The Morgan fingerprint density at radius 1 is 0.829 bits per heavy atom. The molecule has 214 valence electrons. The molecule has 0 radical (unpaired) electrons. The van der Waals surface area contributed by atoms with Crippen LogP contribution >= 0.6 is 22.6 Å². The lowest BCUT2D eigenvalue weighted by atomic mass is 10.1. The predicted octanol–water partition coefficient (Wildman–Crippen LogP) is 8.19. The van der Waals surface area contributed by atoms with Crippen LogP contribution in [0.25, 0.3) is 10.9 Å². The summed E-state index contributed by atoms with van der Waals surface area (Å²) in [7, 11) is 0. The number of halogens is 1. The van der Waals surface area contributed by atoms with Gasteiger partial charge < -0.3 is 14.2 Å². The molecule has 3 aromatic carbocycles. The van der Waals surface area contributed by atoms with E-state index in [-0.39, 0.29) is 12.3 Å². The number of amides is 2. The van der Waals surface area contributed by atoms with Gasteiger partial charge in [-0.25, -0.2) is 19.1 Å². The predicted molar refractivity (Wildman–Crippen MR) is 167 cm³/mol. The quantitative estimate of drug-likeness (QED) is 0.200. The maximum Gasteiger partial charge on any atom is 0.422 e. The van der Waals surface area contributed by atoms with Crippen LogP contribution in [-0.2, 0) is 16.1 Å². The number of carbonyl (C=O) groups is 3. The molecule has 8 nitrogen and oxygen atoms in total. The number of ether oxygens (including phenoxy) is 3. The van der Waals surface area contributed by atoms with E-state index in [0.29, 0.717) is 25.8 Å². The highest BCUT2D eigenvalue weighted by Crippen LogP contribution is 2.40. The van der Waals surface area contributed by atoms with E-state index in [1.807, 2.05) is 30.3 Å². The molecular weight excluding hydrogens is 635 g/mol. The van der Waals surface area contributed by atoms with Gasteiger partial charge in [0.05, 0.1) is 5.69 Å². The van der Waals surface area contributed by atoms with Gasteiger partial charge in [-0.15, -0.1) is 0 Å². The first-order valence-electron chi connectivity index (χ1n) is 13.1. The molecule has 4 aromatic rings. The molecule has 1 heterocycles. The van der Waals surface area contributed by atoms with Gasteiger partial charge in [-0.05, 0) is 87.9 Å². The standard InChI is InChI=1S/C32H33IN2O6/c1-31(2,3)40-29(37)34-18-17-23-26(33)24(19-25(27(23)34)39-20-21-13-9-7-10-14-21)35(30(38)41-32(4,5)6)28(36)22-15-11-8-12-16-22/h7-19H,20H2,1-6H3. The number of aromatic nitrogens is 1. The summed E-state index contributed by atoms with van der Waals surface area (Å²) < 4.78 is 19.5. The highest BCUT2D eigenvalue weighted by molar-refractivity contribution is 14.1. The highest BCUT2D eigenvalue weighted by atomic mass is 127. The topological polar surface area (TPSA) is 87.1 Å². The minimum Gasteiger partial charge on any atom is -0.487 e. The van der Waals surface area contributed by atoms with Crippen molar-refractivity contribution in [2.45, 2.75) is 59.4 Å². The van der Waals surface area contributed by atoms with Gasteiger partial charge in [0.1, 0.15) is 29.1 Å². The molecule has 41 heavy (non-hydrogen) atoms. The van der Waals surface area contributed by atoms with E-state index < -0.39 is 29.3 Å². The van der Waals surface area contributed by atoms with Crippen LogP contribution in [-0.4, -0.2) is 33.9 Å². The Labute approximate surface area is 253 Å². The van der Waals surface area contributed by atoms with Gasteiger partial charge in [0, 0.05) is 26.8 Å². The van der Waals surface area contributed by atoms with Gasteiger partial charge >= 0.3 is 12.2 Å². The summed E-state index contributed by atoms with van der Waals surface area (Å²) in [5.41, 5.74) is 0.370. The van der Waals surface area contributed by atoms with Crippen molar-refractivity contribution in [1.29, 1.82) is 0 Å². The van der Waals surface area contributed by atoms with Gasteiger partial charge in [0.25, 0.3) is 5.91 Å². The molecule has 0 unspecified atom stereocenters. The summed E-state index contributed by atoms with van der Waals surface area (Å²) in [6, 6.07) is 21.4. The van der Waals surface area contributed by atoms with E-state index in [1.165, 1.54) is 4.57 Å². The first-order valence-corrected chi connectivity index (χ1v) is 14.2. The normalized spacial score (nSPS) is 11.7. The Morgan fingerprint density at radius 2 is 1.41 bits per heavy atom. The molecule has 0 fully saturated rings. The van der Waals surface area contributed by atoms with Crippen LogP contribution in [0.15, 0.2) is 79.0 Å². The van der Waals surface area contributed by atoms with E-state index >= 15 is 0 Å². The van der Waals surface area contributed by atoms with Crippen LogP contribution < -0.4 is 9.64 Å². The first kappa shape index (κ1) is 30.1. The molecular formula is C32H33IN2O6. The molecule has 0 bridgehead atoms. The molecule has 0 aliphatic rings. The minimum absolute atomic E-state index is 0.189. The van der Waals surface area contributed by atoms with Crippen LogP contribution in [0, 0.1) is 3.57 Å². The van der Waals surface area contributed by atoms with Crippen molar-refractivity contribution < 1.29 is 28.6 Å². The molecule has 0 N–H and O–H groups in total. The van der Waals surface area contributed by atoms with E-state index in [2.05, 4.69) is 22.6 Å². The number of hydrogen-bond donors (Lipinski definition) is 0. The monoisotopic (exact) mass is 668 g/mol. The fourth-order valence-corrected chi connectivity index (χ4v) is 4.87. The molecule has 0 spiro atoms. The number of hydrogen-bond acceptors (Lipinski definition) is 6. The second kappa shape index (κ2) is 11.9. The number of carbonyl (C=O) groups excluding carboxylic acids is 3. The van der Waals surface area contributed by atoms with Gasteiger partial charge in [-0.3, -0.25) is 4.79 Å². The Balaban J connectivity index is 1.91. The van der Waals surface area contributed by atoms with Crippen LogP contribution in [0.4, 0.5) is 15.3 Å². The third kappa shape index (κ3) is 7.27. The summed E-state index contributed by atoms with van der Waals surface area (Å²) in [6.45, 7) is 10.8. The van der Waals surface area contributed by atoms with Crippen molar-refractivity contribution in [3.05, 3.63) is 93.7 Å². The van der Waals surface area contributed by atoms with Crippen molar-refractivity contribution in [2.75, 3.05) is 4.90 Å². The largest absolute Gasteiger partial charge is 0.487 e. The van der Waals surface area contributed by atoms with Gasteiger partial charge in [-0.2, -0.15) is 0 Å². The smallest absolute Gasteiger partial charge is 0.422 e. The summed E-state index contributed by atoms with van der Waals surface area (Å²) in [5.74, 6) is -0.262. The summed E-state index contributed by atoms with van der Waals surface area (Å²) >= 11 is 2.08. The fraction of sp³-hybridized carbons (Fsp3) is 0.281. The molecule has 0 aliphatic heterocycles. The van der Waals surface area contributed by atoms with Crippen molar-refractivity contribution >= 4 is 57.3 Å². The van der Waals surface area contributed by atoms with Gasteiger partial charge in [0.2, 0.25) is 0 Å². The zero-order chi connectivity index (χ0) is 29.9. The van der Waals surface area contributed by atoms with Crippen molar-refractivity contribution in [3.8, 4) is 5.75 Å². The third-order valence-corrected chi connectivity index (χ3v) is 6.85. The first-order chi connectivity index (χ1) is 19.2. The van der Waals surface area contributed by atoms with Gasteiger partial charge in [-0.1, -0.05) is 48.5 Å². The number of fused-ring (bicyclic) bond motifs is 1. The third-order valence-electron chi connectivity index (χ3n) is 5.72. The lowest BCUT2D eigenvalue weighted by Crippen LogP contribution is -2.41. The lowest BCUT2D eigenvalue weighted by molar-refractivity contribution is 0.0536. The van der Waals surface area contributed by atoms with E-state index in [4.69, 9.17) is 14.2 Å². The molecule has 0 saturated heterocycles. The second-order valence-corrected chi connectivity index (χ2v) is 12.5. The number of benzene rings is 3. The molecule has 4 rings (SSSR count).